The molecule has 9 rings (SSSR count). The molecule has 6 aromatic carbocycles. The zero-order valence-electron chi connectivity index (χ0n) is 30.0. The third-order valence-corrected chi connectivity index (χ3v) is 9.70. The van der Waals surface area contributed by atoms with Crippen LogP contribution in [0.1, 0.15) is 0 Å². The van der Waals surface area contributed by atoms with Crippen molar-refractivity contribution in [3.05, 3.63) is 219 Å². The predicted molar refractivity (Wildman–Crippen MR) is 225 cm³/mol. The van der Waals surface area contributed by atoms with E-state index in [9.17, 15) is 0 Å². The van der Waals surface area contributed by atoms with Gasteiger partial charge in [-0.05, 0) is 131 Å². The van der Waals surface area contributed by atoms with E-state index < -0.39 is 0 Å². The molecule has 9 aromatic rings. The van der Waals surface area contributed by atoms with Crippen molar-refractivity contribution in [1.82, 2.24) is 9.97 Å². The lowest BCUT2D eigenvalue weighted by Crippen LogP contribution is -2.10. The van der Waals surface area contributed by atoms with Crippen molar-refractivity contribution < 1.29 is 4.42 Å². The summed E-state index contributed by atoms with van der Waals surface area (Å²) < 4.78 is 6.46. The van der Waals surface area contributed by atoms with Crippen LogP contribution in [-0.2, 0) is 0 Å². The summed E-state index contributed by atoms with van der Waals surface area (Å²) in [4.78, 5) is 13.3. The molecule has 0 aliphatic heterocycles. The number of benzene rings is 6. The highest BCUT2D eigenvalue weighted by Gasteiger charge is 2.16. The molecule has 55 heavy (non-hydrogen) atoms. The Bertz CT molecular complexity index is 2410. The molecule has 0 aliphatic carbocycles. The molecule has 0 spiro atoms. The summed E-state index contributed by atoms with van der Waals surface area (Å²) in [6.45, 7) is 0. The Morgan fingerprint density at radius 3 is 0.927 bits per heavy atom. The molecule has 0 radical (unpaired) electrons. The number of nitrogens with zero attached hydrogens (tertiary/aromatic N) is 4. The maximum Gasteiger partial charge on any atom is 0.134 e. The molecule has 0 saturated heterocycles. The molecule has 5 heteroatoms. The van der Waals surface area contributed by atoms with Crippen LogP contribution >= 0.6 is 0 Å². The summed E-state index contributed by atoms with van der Waals surface area (Å²) in [7, 11) is 0. The molecule has 0 aliphatic rings. The molecule has 0 bridgehead atoms. The fourth-order valence-corrected chi connectivity index (χ4v) is 6.93. The summed E-state index contributed by atoms with van der Waals surface area (Å²) in [6, 6.07) is 67.3. The van der Waals surface area contributed by atoms with E-state index in [1.165, 1.54) is 22.3 Å². The minimum absolute atomic E-state index is 0.807. The molecule has 262 valence electrons. The monoisotopic (exact) mass is 708 g/mol. The van der Waals surface area contributed by atoms with Gasteiger partial charge in [0.2, 0.25) is 0 Å². The molecule has 0 atom stereocenters. The Balaban J connectivity index is 0.962. The van der Waals surface area contributed by atoms with Gasteiger partial charge >= 0.3 is 0 Å². The van der Waals surface area contributed by atoms with E-state index in [2.05, 4.69) is 177 Å². The Labute approximate surface area is 321 Å². The van der Waals surface area contributed by atoms with Crippen LogP contribution in [0.5, 0.6) is 0 Å². The Kier molecular flexibility index (Phi) is 9.23. The molecular weight excluding hydrogens is 673 g/mol. The van der Waals surface area contributed by atoms with Gasteiger partial charge in [-0.3, -0.25) is 9.97 Å². The number of hydrogen-bond donors (Lipinski definition) is 0. The molecule has 0 N–H and O–H groups in total. The van der Waals surface area contributed by atoms with Crippen molar-refractivity contribution in [3.8, 4) is 44.9 Å². The van der Waals surface area contributed by atoms with Gasteiger partial charge in [0.1, 0.15) is 11.5 Å². The molecule has 5 nitrogen and oxygen atoms in total. The van der Waals surface area contributed by atoms with Crippen LogP contribution in [-0.4, -0.2) is 9.97 Å². The number of anilines is 6. The fourth-order valence-electron chi connectivity index (χ4n) is 6.93. The zero-order valence-corrected chi connectivity index (χ0v) is 30.0. The fraction of sp³-hybridized carbons (Fsp3) is 0. The number of hydrogen-bond acceptors (Lipinski definition) is 5. The van der Waals surface area contributed by atoms with Gasteiger partial charge in [-0.1, -0.05) is 84.9 Å². The van der Waals surface area contributed by atoms with Gasteiger partial charge < -0.3 is 14.2 Å². The van der Waals surface area contributed by atoms with Gasteiger partial charge in [-0.2, -0.15) is 0 Å². The van der Waals surface area contributed by atoms with E-state index in [0.29, 0.717) is 0 Å². The third kappa shape index (κ3) is 7.15. The normalized spacial score (nSPS) is 10.9. The lowest BCUT2D eigenvalue weighted by Gasteiger charge is -2.25. The van der Waals surface area contributed by atoms with Crippen molar-refractivity contribution in [2.75, 3.05) is 9.80 Å². The minimum atomic E-state index is 0.807. The van der Waals surface area contributed by atoms with Gasteiger partial charge in [0.05, 0.1) is 23.8 Å². The molecule has 0 amide bonds. The average molecular weight is 709 g/mol. The first-order valence-electron chi connectivity index (χ1n) is 18.3. The first kappa shape index (κ1) is 33.3. The van der Waals surface area contributed by atoms with E-state index in [1.807, 2.05) is 48.8 Å². The van der Waals surface area contributed by atoms with E-state index in [-0.39, 0.29) is 0 Å². The van der Waals surface area contributed by atoms with Crippen molar-refractivity contribution in [1.29, 1.82) is 0 Å². The Morgan fingerprint density at radius 2 is 0.600 bits per heavy atom. The van der Waals surface area contributed by atoms with Crippen LogP contribution < -0.4 is 9.80 Å². The number of furan rings is 1. The largest absolute Gasteiger partial charge is 0.456 e. The lowest BCUT2D eigenvalue weighted by molar-refractivity contribution is 0.597. The Morgan fingerprint density at radius 1 is 0.273 bits per heavy atom. The second-order valence-electron chi connectivity index (χ2n) is 13.2. The second kappa shape index (κ2) is 15.2. The van der Waals surface area contributed by atoms with Crippen molar-refractivity contribution in [2.45, 2.75) is 0 Å². The maximum atomic E-state index is 6.46. The van der Waals surface area contributed by atoms with Gasteiger partial charge in [0.25, 0.3) is 0 Å². The van der Waals surface area contributed by atoms with Crippen LogP contribution in [0.4, 0.5) is 34.1 Å². The zero-order chi connectivity index (χ0) is 36.8. The van der Waals surface area contributed by atoms with Crippen molar-refractivity contribution in [2.24, 2.45) is 0 Å². The van der Waals surface area contributed by atoms with E-state index >= 15 is 0 Å². The van der Waals surface area contributed by atoms with Crippen LogP contribution in [0.25, 0.3) is 44.9 Å². The first-order chi connectivity index (χ1) is 27.3. The Hall–Kier alpha value is -7.50. The number of rotatable bonds is 10. The first-order valence-corrected chi connectivity index (χ1v) is 18.3. The van der Waals surface area contributed by atoms with Gasteiger partial charge in [0.15, 0.2) is 0 Å². The number of pyridine rings is 2. The topological polar surface area (TPSA) is 45.4 Å². The second-order valence-corrected chi connectivity index (χ2v) is 13.2. The lowest BCUT2D eigenvalue weighted by atomic mass is 10.0. The van der Waals surface area contributed by atoms with Crippen molar-refractivity contribution in [3.63, 3.8) is 0 Å². The average Bonchev–Trinajstić information content (AvgIpc) is 3.77. The predicted octanol–water partition coefficient (Wildman–Crippen LogP) is 13.7. The quantitative estimate of drug-likeness (QED) is 0.142. The van der Waals surface area contributed by atoms with E-state index in [4.69, 9.17) is 4.42 Å². The van der Waals surface area contributed by atoms with Crippen LogP contribution in [0.2, 0.25) is 0 Å². The molecule has 0 fully saturated rings. The van der Waals surface area contributed by atoms with E-state index in [1.54, 1.807) is 12.4 Å². The summed E-state index contributed by atoms with van der Waals surface area (Å²) in [5.41, 5.74) is 12.9. The van der Waals surface area contributed by atoms with E-state index in [0.717, 1.165) is 56.8 Å². The van der Waals surface area contributed by atoms with Gasteiger partial charge in [-0.15, -0.1) is 0 Å². The molecule has 0 saturated carbocycles. The highest BCUT2D eigenvalue weighted by atomic mass is 16.3. The SMILES string of the molecule is c1ccc(-c2ccc(N(c3ccc(-c4ccc(-c5ccc(N(c6ccc(-c7ccccc7)cc6)c6cccnc6)cc5)o4)cc3)c3cccnc3)cc2)cc1. The standard InChI is InChI=1S/C50H36N4O/c1-3-9-37(10-4-1)39-15-23-43(24-16-39)53(47-13-7-33-51-35-47)45-27-19-41(20-28-45)49-31-32-50(55-49)42-21-29-46(30-22-42)54(48-14-8-34-52-36-48)44-25-17-40(18-26-44)38-11-5-2-6-12-38/h1-36H. The summed E-state index contributed by atoms with van der Waals surface area (Å²) in [6.07, 6.45) is 7.38. The highest BCUT2D eigenvalue weighted by molar-refractivity contribution is 5.81. The maximum absolute atomic E-state index is 6.46. The van der Waals surface area contributed by atoms with Gasteiger partial charge in [0, 0.05) is 46.3 Å². The summed E-state index contributed by atoms with van der Waals surface area (Å²) in [5, 5.41) is 0. The third-order valence-electron chi connectivity index (χ3n) is 9.70. The molecule has 3 heterocycles. The van der Waals surface area contributed by atoms with Crippen LogP contribution in [0, 0.1) is 0 Å². The molecule has 0 unspecified atom stereocenters. The van der Waals surface area contributed by atoms with Crippen LogP contribution in [0.15, 0.2) is 223 Å². The van der Waals surface area contributed by atoms with Gasteiger partial charge in [-0.25, -0.2) is 0 Å². The summed E-state index contributed by atoms with van der Waals surface area (Å²) in [5.74, 6) is 1.61. The van der Waals surface area contributed by atoms with Crippen LogP contribution in [0.3, 0.4) is 0 Å². The minimum Gasteiger partial charge on any atom is -0.456 e. The van der Waals surface area contributed by atoms with Crippen molar-refractivity contribution >= 4 is 34.1 Å². The number of aromatic nitrogens is 2. The summed E-state index contributed by atoms with van der Waals surface area (Å²) >= 11 is 0. The smallest absolute Gasteiger partial charge is 0.134 e. The molecular formula is C50H36N4O. The highest BCUT2D eigenvalue weighted by Crippen LogP contribution is 2.39. The molecule has 3 aromatic heterocycles.